The fourth-order valence-corrected chi connectivity index (χ4v) is 4.04. The largest absolute Gasteiger partial charge is 0.465 e. The molecule has 0 aliphatic rings. The maximum absolute atomic E-state index is 12.1. The third-order valence-corrected chi connectivity index (χ3v) is 5.83. The molecule has 2 aromatic rings. The van der Waals surface area contributed by atoms with Gasteiger partial charge in [0, 0.05) is 18.2 Å². The number of hydrogen-bond acceptors (Lipinski definition) is 8. The molecule has 0 saturated carbocycles. The molecule has 0 aromatic carbocycles. The summed E-state index contributed by atoms with van der Waals surface area (Å²) in [6, 6.07) is 0. The summed E-state index contributed by atoms with van der Waals surface area (Å²) in [7, 11) is 0. The van der Waals surface area contributed by atoms with Gasteiger partial charge in [0.2, 0.25) is 11.0 Å². The van der Waals surface area contributed by atoms with Crippen LogP contribution in [0, 0.1) is 6.92 Å². The first kappa shape index (κ1) is 22.4. The Kier molecular flexibility index (Phi) is 8.94. The molecule has 2 heterocycles. The Hall–Kier alpha value is -1.91. The van der Waals surface area contributed by atoms with Crippen LogP contribution in [0.15, 0.2) is 10.4 Å². The van der Waals surface area contributed by atoms with E-state index >= 15 is 0 Å². The lowest BCUT2D eigenvalue weighted by atomic mass is 10.2. The van der Waals surface area contributed by atoms with E-state index in [1.54, 1.807) is 17.7 Å². The third kappa shape index (κ3) is 6.61. The number of amides is 1. The zero-order valence-electron chi connectivity index (χ0n) is 15.9. The van der Waals surface area contributed by atoms with E-state index in [2.05, 4.69) is 27.5 Å². The number of aryl methyl sites for hydroxylation is 2. The van der Waals surface area contributed by atoms with E-state index in [4.69, 9.17) is 16.3 Å². The van der Waals surface area contributed by atoms with Crippen LogP contribution in [-0.2, 0) is 20.9 Å². The van der Waals surface area contributed by atoms with Crippen molar-refractivity contribution >= 4 is 57.8 Å². The molecule has 0 spiro atoms. The Morgan fingerprint density at radius 2 is 2.14 bits per heavy atom. The molecule has 2 rings (SSSR count). The van der Waals surface area contributed by atoms with Gasteiger partial charge in [0.05, 0.1) is 18.1 Å². The van der Waals surface area contributed by atoms with Crippen molar-refractivity contribution in [2.45, 2.75) is 44.5 Å². The Balaban J connectivity index is 1.92. The van der Waals surface area contributed by atoms with Crippen LogP contribution >= 0.6 is 34.7 Å². The maximum Gasteiger partial charge on any atom is 0.316 e. The normalized spacial score (nSPS) is 11.1. The van der Waals surface area contributed by atoms with E-state index in [1.165, 1.54) is 29.2 Å². The number of halogens is 1. The average molecular weight is 444 g/mol. The lowest BCUT2D eigenvalue weighted by Gasteiger charge is -2.00. The number of thioether (sulfide) groups is 1. The summed E-state index contributed by atoms with van der Waals surface area (Å²) in [6.45, 7) is 6.78. The Morgan fingerprint density at radius 1 is 1.36 bits per heavy atom. The van der Waals surface area contributed by atoms with E-state index in [0.717, 1.165) is 30.6 Å². The summed E-state index contributed by atoms with van der Waals surface area (Å²) in [5.41, 5.74) is 1.48. The molecule has 2 aromatic heterocycles. The number of hydrogen-bond donors (Lipinski definition) is 1. The zero-order chi connectivity index (χ0) is 20.5. The quantitative estimate of drug-likeness (QED) is 0.258. The minimum Gasteiger partial charge on any atom is -0.465 e. The minimum atomic E-state index is -0.352. The summed E-state index contributed by atoms with van der Waals surface area (Å²) < 4.78 is 7.17. The van der Waals surface area contributed by atoms with Crippen LogP contribution in [0.2, 0.25) is 5.15 Å². The topological polar surface area (TPSA) is 99.0 Å². The molecule has 152 valence electrons. The highest BCUT2D eigenvalue weighted by atomic mass is 35.5. The van der Waals surface area contributed by atoms with Crippen LogP contribution in [0.25, 0.3) is 6.08 Å². The number of nitrogens with zero attached hydrogens (tertiary/aromatic N) is 4. The summed E-state index contributed by atoms with van der Waals surface area (Å²) in [5.74, 6) is -0.520. The van der Waals surface area contributed by atoms with E-state index < -0.39 is 0 Å². The molecule has 0 aliphatic heterocycles. The molecule has 0 saturated heterocycles. The first-order valence-corrected chi connectivity index (χ1v) is 11.0. The van der Waals surface area contributed by atoms with Crippen molar-refractivity contribution in [1.29, 1.82) is 0 Å². The second-order valence-electron chi connectivity index (χ2n) is 5.66. The molecule has 0 bridgehead atoms. The number of ether oxygens (including phenoxy) is 1. The van der Waals surface area contributed by atoms with Crippen molar-refractivity contribution < 1.29 is 14.3 Å². The van der Waals surface area contributed by atoms with Crippen molar-refractivity contribution in [3.8, 4) is 0 Å². The molecule has 8 nitrogen and oxygen atoms in total. The predicted molar refractivity (Wildman–Crippen MR) is 112 cm³/mol. The number of carbonyl (C=O) groups is 2. The third-order valence-electron chi connectivity index (χ3n) is 3.49. The van der Waals surface area contributed by atoms with Gasteiger partial charge < -0.3 is 4.74 Å². The van der Waals surface area contributed by atoms with Gasteiger partial charge in [-0.1, -0.05) is 48.0 Å². The van der Waals surface area contributed by atoms with Gasteiger partial charge in [-0.15, -0.1) is 10.2 Å². The van der Waals surface area contributed by atoms with Crippen LogP contribution in [0.3, 0.4) is 0 Å². The second kappa shape index (κ2) is 11.2. The summed E-state index contributed by atoms with van der Waals surface area (Å²) in [4.78, 5) is 23.5. The standard InChI is InChI=1S/C17H22ClN5O3S2/c1-4-6-9-23-15(18)12(11(3)22-23)7-8-13(24)19-16-20-21-17(28-16)27-10-14(25)26-5-2/h7-8H,4-6,9-10H2,1-3H3,(H,19,20,24)/b8-7+. The monoisotopic (exact) mass is 443 g/mol. The van der Waals surface area contributed by atoms with Gasteiger partial charge in [0.15, 0.2) is 4.34 Å². The van der Waals surface area contributed by atoms with Crippen molar-refractivity contribution in [2.24, 2.45) is 0 Å². The lowest BCUT2D eigenvalue weighted by Crippen LogP contribution is -2.07. The maximum atomic E-state index is 12.1. The van der Waals surface area contributed by atoms with E-state index in [-0.39, 0.29) is 17.6 Å². The number of unbranched alkanes of at least 4 members (excludes halogenated alkanes) is 1. The van der Waals surface area contributed by atoms with Crippen molar-refractivity contribution in [2.75, 3.05) is 17.7 Å². The highest BCUT2D eigenvalue weighted by Gasteiger charge is 2.12. The van der Waals surface area contributed by atoms with Gasteiger partial charge in [0.25, 0.3) is 0 Å². The number of carbonyl (C=O) groups excluding carboxylic acids is 2. The smallest absolute Gasteiger partial charge is 0.316 e. The number of aromatic nitrogens is 4. The Bertz CT molecular complexity index is 850. The average Bonchev–Trinajstić information content (AvgIpc) is 3.21. The van der Waals surface area contributed by atoms with E-state index in [1.807, 2.05) is 6.92 Å². The second-order valence-corrected chi connectivity index (χ2v) is 8.21. The van der Waals surface area contributed by atoms with Crippen LogP contribution in [0.1, 0.15) is 37.9 Å². The first-order chi connectivity index (χ1) is 13.4. The molecule has 0 fully saturated rings. The fraction of sp³-hybridized carbons (Fsp3) is 0.471. The fourth-order valence-electron chi connectivity index (χ4n) is 2.16. The van der Waals surface area contributed by atoms with Crippen LogP contribution in [0.5, 0.6) is 0 Å². The number of rotatable bonds is 10. The Morgan fingerprint density at radius 3 is 2.86 bits per heavy atom. The molecule has 11 heteroatoms. The zero-order valence-corrected chi connectivity index (χ0v) is 18.3. The summed E-state index contributed by atoms with van der Waals surface area (Å²) in [6.07, 6.45) is 5.05. The number of nitrogens with one attached hydrogen (secondary N) is 1. The highest BCUT2D eigenvalue weighted by Crippen LogP contribution is 2.26. The van der Waals surface area contributed by atoms with E-state index in [9.17, 15) is 9.59 Å². The van der Waals surface area contributed by atoms with Gasteiger partial charge in [-0.25, -0.2) is 0 Å². The molecular weight excluding hydrogens is 422 g/mol. The SMILES string of the molecule is CCCCn1nc(C)c(/C=C/C(=O)Nc2nnc(SCC(=O)OCC)s2)c1Cl. The van der Waals surface area contributed by atoms with E-state index in [0.29, 0.717) is 21.2 Å². The van der Waals surface area contributed by atoms with Crippen LogP contribution < -0.4 is 5.32 Å². The molecule has 0 radical (unpaired) electrons. The number of anilines is 1. The van der Waals surface area contributed by atoms with Gasteiger partial charge in [0.1, 0.15) is 5.15 Å². The van der Waals surface area contributed by atoms with Gasteiger partial charge >= 0.3 is 5.97 Å². The molecule has 0 aliphatic carbocycles. The molecular formula is C17H22ClN5O3S2. The van der Waals surface area contributed by atoms with Crippen LogP contribution in [-0.4, -0.2) is 44.2 Å². The predicted octanol–water partition coefficient (Wildman–Crippen LogP) is 3.80. The van der Waals surface area contributed by atoms with Crippen molar-refractivity contribution in [3.63, 3.8) is 0 Å². The van der Waals surface area contributed by atoms with Gasteiger partial charge in [-0.05, 0) is 26.3 Å². The van der Waals surface area contributed by atoms with Gasteiger partial charge in [-0.3, -0.25) is 19.6 Å². The number of esters is 1. The van der Waals surface area contributed by atoms with Gasteiger partial charge in [-0.2, -0.15) is 5.10 Å². The van der Waals surface area contributed by atoms with Crippen LogP contribution in [0.4, 0.5) is 5.13 Å². The summed E-state index contributed by atoms with van der Waals surface area (Å²) in [5, 5.41) is 15.7. The minimum absolute atomic E-state index is 0.149. The lowest BCUT2D eigenvalue weighted by molar-refractivity contribution is -0.139. The molecule has 1 N–H and O–H groups in total. The molecule has 0 unspecified atom stereocenters. The molecule has 28 heavy (non-hydrogen) atoms. The molecule has 1 amide bonds. The van der Waals surface area contributed by atoms with Crippen molar-refractivity contribution in [1.82, 2.24) is 20.0 Å². The van der Waals surface area contributed by atoms with Crippen molar-refractivity contribution in [3.05, 3.63) is 22.5 Å². The molecule has 0 atom stereocenters. The highest BCUT2D eigenvalue weighted by molar-refractivity contribution is 8.01. The summed E-state index contributed by atoms with van der Waals surface area (Å²) >= 11 is 8.75. The Labute approximate surface area is 176 Å². The first-order valence-electron chi connectivity index (χ1n) is 8.78.